The Bertz CT molecular complexity index is 284. The highest BCUT2D eigenvalue weighted by Crippen LogP contribution is 2.45. The predicted octanol–water partition coefficient (Wildman–Crippen LogP) is 3.97. The monoisotopic (exact) mass is 288 g/mol. The zero-order chi connectivity index (χ0) is 14.2. The molecule has 0 unspecified atom stereocenters. The summed E-state index contributed by atoms with van der Waals surface area (Å²) in [4.78, 5) is 10.4. The normalized spacial score (nSPS) is 31.7. The molecule has 0 spiro atoms. The van der Waals surface area contributed by atoms with Crippen molar-refractivity contribution in [1.82, 2.24) is 0 Å². The van der Waals surface area contributed by atoms with E-state index >= 15 is 0 Å². The molecule has 2 saturated heterocycles. The van der Waals surface area contributed by atoms with Crippen molar-refractivity contribution in [3.8, 4) is 0 Å². The average Bonchev–Trinajstić information content (AvgIpc) is 2.70. The summed E-state index contributed by atoms with van der Waals surface area (Å²) >= 11 is 0. The predicted molar refractivity (Wildman–Crippen MR) is 76.0 cm³/mol. The van der Waals surface area contributed by atoms with Crippen molar-refractivity contribution in [2.75, 3.05) is 0 Å². The van der Waals surface area contributed by atoms with Gasteiger partial charge in [-0.05, 0) is 23.0 Å². The summed E-state index contributed by atoms with van der Waals surface area (Å²) < 4.78 is 12.4. The first-order valence-corrected chi connectivity index (χ1v) is 9.67. The molecule has 2 bridgehead atoms. The fraction of sp³-hybridized carbons (Fsp3) is 1.00. The summed E-state index contributed by atoms with van der Waals surface area (Å²) in [5, 5.41) is 0. The zero-order valence-corrected chi connectivity index (χ0v) is 14.0. The molecule has 5 heteroatoms. The smallest absolute Gasteiger partial charge is 0.219 e. The minimum atomic E-state index is -1.87. The van der Waals surface area contributed by atoms with Gasteiger partial charge in [0.05, 0.1) is 6.10 Å². The molecule has 0 aliphatic carbocycles. The molecule has 2 rings (SSSR count). The highest BCUT2D eigenvalue weighted by Gasteiger charge is 2.50. The maximum absolute atomic E-state index is 6.70. The van der Waals surface area contributed by atoms with Gasteiger partial charge in [0.2, 0.25) is 14.6 Å². The Morgan fingerprint density at radius 1 is 0.895 bits per heavy atom. The quantitative estimate of drug-likeness (QED) is 0.566. The summed E-state index contributed by atoms with van der Waals surface area (Å²) in [6, 6.07) is 0. The fourth-order valence-corrected chi connectivity index (χ4v) is 9.37. The summed E-state index contributed by atoms with van der Waals surface area (Å²) in [5.41, 5.74) is 1.73. The highest BCUT2D eigenvalue weighted by molar-refractivity contribution is 6.77. The Morgan fingerprint density at radius 2 is 1.47 bits per heavy atom. The van der Waals surface area contributed by atoms with E-state index in [0.29, 0.717) is 16.6 Å². The molecule has 0 radical (unpaired) electrons. The van der Waals surface area contributed by atoms with E-state index in [1.54, 1.807) is 0 Å². The van der Waals surface area contributed by atoms with Crippen LogP contribution in [0.2, 0.25) is 16.6 Å². The van der Waals surface area contributed by atoms with Crippen molar-refractivity contribution in [2.45, 2.75) is 89.7 Å². The van der Waals surface area contributed by atoms with Crippen LogP contribution < -0.4 is 0 Å². The molecule has 0 aromatic rings. The van der Waals surface area contributed by atoms with E-state index in [4.69, 9.17) is 18.9 Å². The van der Waals surface area contributed by atoms with Gasteiger partial charge >= 0.3 is 0 Å². The van der Waals surface area contributed by atoms with Crippen LogP contribution in [0.15, 0.2) is 0 Å². The highest BCUT2D eigenvalue weighted by atomic mass is 28.4. The van der Waals surface area contributed by atoms with E-state index in [9.17, 15) is 0 Å². The van der Waals surface area contributed by atoms with Crippen molar-refractivity contribution in [1.29, 1.82) is 0 Å². The first-order chi connectivity index (χ1) is 8.87. The van der Waals surface area contributed by atoms with Crippen molar-refractivity contribution >= 4 is 8.32 Å². The molecular weight excluding hydrogens is 260 g/mol. The van der Waals surface area contributed by atoms with Crippen LogP contribution in [0.1, 0.15) is 54.4 Å². The van der Waals surface area contributed by atoms with Crippen LogP contribution in [0.4, 0.5) is 0 Å². The van der Waals surface area contributed by atoms with Crippen molar-refractivity contribution in [3.05, 3.63) is 0 Å². The van der Waals surface area contributed by atoms with Gasteiger partial charge in [-0.1, -0.05) is 41.5 Å². The summed E-state index contributed by atoms with van der Waals surface area (Å²) in [6.45, 7) is 13.8. The first kappa shape index (κ1) is 15.4. The number of hydrogen-bond donors (Lipinski definition) is 0. The Labute approximate surface area is 117 Å². The second-order valence-corrected chi connectivity index (χ2v) is 12.1. The molecule has 2 fully saturated rings. The molecule has 2 heterocycles. The Morgan fingerprint density at radius 3 is 2.00 bits per heavy atom. The standard InChI is InChI=1S/C14H28O4Si/c1-9(2)19(10(3)4,11(5)6)18-12-7-8-13-15-14(12)17-16-13/h9-14H,7-8H2,1-6H3/t12-,13-,14+/m1/s1. The molecular formula is C14H28O4Si. The second-order valence-electron chi connectivity index (χ2n) is 6.68. The lowest BCUT2D eigenvalue weighted by atomic mass is 10.1. The lowest BCUT2D eigenvalue weighted by molar-refractivity contribution is -0.298. The second kappa shape index (κ2) is 5.82. The van der Waals surface area contributed by atoms with Gasteiger partial charge in [-0.15, -0.1) is 0 Å². The van der Waals surface area contributed by atoms with Crippen LogP contribution in [-0.2, 0) is 18.9 Å². The molecule has 2 aliphatic heterocycles. The van der Waals surface area contributed by atoms with Gasteiger partial charge in [0.25, 0.3) is 0 Å². The van der Waals surface area contributed by atoms with Gasteiger partial charge in [-0.25, -0.2) is 4.89 Å². The number of fused-ring (bicyclic) bond motifs is 2. The molecule has 0 aromatic heterocycles. The summed E-state index contributed by atoms with van der Waals surface area (Å²) in [7, 11) is -1.87. The van der Waals surface area contributed by atoms with E-state index in [1.165, 1.54) is 0 Å². The van der Waals surface area contributed by atoms with Gasteiger partial charge in [-0.2, -0.15) is 4.89 Å². The minimum Gasteiger partial charge on any atom is -0.408 e. The van der Waals surface area contributed by atoms with E-state index in [-0.39, 0.29) is 18.7 Å². The van der Waals surface area contributed by atoms with Crippen molar-refractivity contribution < 1.29 is 18.9 Å². The van der Waals surface area contributed by atoms with E-state index in [1.807, 2.05) is 0 Å². The minimum absolute atomic E-state index is 0.0256. The maximum Gasteiger partial charge on any atom is 0.219 e. The molecule has 19 heavy (non-hydrogen) atoms. The third-order valence-electron chi connectivity index (χ3n) is 4.60. The van der Waals surface area contributed by atoms with Crippen LogP contribution in [0.3, 0.4) is 0 Å². The van der Waals surface area contributed by atoms with E-state index < -0.39 is 8.32 Å². The number of hydrogen-bond acceptors (Lipinski definition) is 4. The molecule has 0 aromatic carbocycles. The Kier molecular flexibility index (Phi) is 4.73. The lowest BCUT2D eigenvalue weighted by Crippen LogP contribution is -2.53. The van der Waals surface area contributed by atoms with Crippen molar-refractivity contribution in [3.63, 3.8) is 0 Å². The van der Waals surface area contributed by atoms with Gasteiger partial charge in [-0.3, -0.25) is 0 Å². The third kappa shape index (κ3) is 2.76. The Hall–Kier alpha value is 0.0569. The SMILES string of the molecule is CC(C)[Si](O[C@@H]1CC[C@H]2OO[C@@H]1O2)(C(C)C)C(C)C. The first-order valence-electron chi connectivity index (χ1n) is 7.53. The van der Waals surface area contributed by atoms with Gasteiger partial charge in [0, 0.05) is 6.42 Å². The topological polar surface area (TPSA) is 36.9 Å². The number of ether oxygens (including phenoxy) is 1. The van der Waals surface area contributed by atoms with Crippen LogP contribution in [0.25, 0.3) is 0 Å². The largest absolute Gasteiger partial charge is 0.408 e. The third-order valence-corrected chi connectivity index (χ3v) is 10.7. The molecule has 0 amide bonds. The lowest BCUT2D eigenvalue weighted by Gasteiger charge is -2.45. The zero-order valence-electron chi connectivity index (χ0n) is 13.0. The van der Waals surface area contributed by atoms with Gasteiger partial charge < -0.3 is 9.16 Å². The molecule has 112 valence electrons. The van der Waals surface area contributed by atoms with E-state index in [0.717, 1.165) is 12.8 Å². The van der Waals surface area contributed by atoms with Gasteiger partial charge in [0.1, 0.15) is 0 Å². The van der Waals surface area contributed by atoms with Crippen LogP contribution in [0.5, 0.6) is 0 Å². The average molecular weight is 288 g/mol. The van der Waals surface area contributed by atoms with Gasteiger partial charge in [0.15, 0.2) is 6.29 Å². The molecule has 2 aliphatic rings. The molecule has 3 atom stereocenters. The summed E-state index contributed by atoms with van der Waals surface area (Å²) in [6.07, 6.45) is 1.34. The number of rotatable bonds is 5. The molecule has 0 N–H and O–H groups in total. The maximum atomic E-state index is 6.70. The Balaban J connectivity index is 2.15. The molecule has 0 saturated carbocycles. The van der Waals surface area contributed by atoms with Crippen molar-refractivity contribution in [2.24, 2.45) is 0 Å². The summed E-state index contributed by atoms with van der Waals surface area (Å²) in [5.74, 6) is 0. The van der Waals surface area contributed by atoms with Crippen LogP contribution in [0, 0.1) is 0 Å². The fourth-order valence-electron chi connectivity index (χ4n) is 3.80. The van der Waals surface area contributed by atoms with Crippen LogP contribution in [-0.4, -0.2) is 27.0 Å². The van der Waals surface area contributed by atoms with Crippen LogP contribution >= 0.6 is 0 Å². The molecule has 4 nitrogen and oxygen atoms in total. The van der Waals surface area contributed by atoms with E-state index in [2.05, 4.69) is 41.5 Å².